The molecule has 0 aliphatic rings. The highest BCUT2D eigenvalue weighted by atomic mass is 32.2. The fraction of sp³-hybridized carbons (Fsp3) is 0.130. The molecule has 0 atom stereocenters. The molecule has 194 valence electrons. The Bertz CT molecular complexity index is 1540. The summed E-state index contributed by atoms with van der Waals surface area (Å²) in [5.74, 6) is -1.93. The maximum Gasteiger partial charge on any atom is 0.573 e. The number of ether oxygens (including phenoxy) is 2. The van der Waals surface area contributed by atoms with Crippen molar-refractivity contribution in [3.8, 4) is 11.5 Å². The SMILES string of the molecule is O=C(NS(=O)(=O)c1cccc(OC(F)(F)F)c1)c1nn(Cc2ccc(OC(F)F)cc2)c2ccccc12. The minimum absolute atomic E-state index is 0.0425. The zero-order chi connectivity index (χ0) is 26.8. The lowest BCUT2D eigenvalue weighted by Gasteiger charge is -2.10. The number of nitrogens with zero attached hydrogens (tertiary/aromatic N) is 2. The molecule has 37 heavy (non-hydrogen) atoms. The summed E-state index contributed by atoms with van der Waals surface area (Å²) < 4.78 is 98.9. The molecule has 0 unspecified atom stereocenters. The number of carbonyl (C=O) groups is 1. The molecule has 0 spiro atoms. The van der Waals surface area contributed by atoms with Gasteiger partial charge in [0.05, 0.1) is 17.0 Å². The van der Waals surface area contributed by atoms with Gasteiger partial charge in [-0.3, -0.25) is 9.48 Å². The Morgan fingerprint density at radius 2 is 1.68 bits per heavy atom. The lowest BCUT2D eigenvalue weighted by Crippen LogP contribution is -2.31. The summed E-state index contributed by atoms with van der Waals surface area (Å²) in [5, 5.41) is 4.52. The van der Waals surface area contributed by atoms with Gasteiger partial charge in [0.15, 0.2) is 5.69 Å². The van der Waals surface area contributed by atoms with Gasteiger partial charge in [-0.05, 0) is 35.9 Å². The molecule has 0 saturated heterocycles. The Kier molecular flexibility index (Phi) is 7.03. The first-order valence-corrected chi connectivity index (χ1v) is 11.8. The summed E-state index contributed by atoms with van der Waals surface area (Å²) in [5.41, 5.74) is 0.842. The molecule has 3 aromatic carbocycles. The molecule has 8 nitrogen and oxygen atoms in total. The van der Waals surface area contributed by atoms with E-state index in [-0.39, 0.29) is 18.0 Å². The number of rotatable bonds is 8. The Hall–Kier alpha value is -4.20. The molecule has 1 N–H and O–H groups in total. The molecule has 1 heterocycles. The number of carbonyl (C=O) groups excluding carboxylic acids is 1. The molecular weight excluding hydrogens is 525 g/mol. The van der Waals surface area contributed by atoms with Crippen molar-refractivity contribution in [2.45, 2.75) is 24.4 Å². The summed E-state index contributed by atoms with van der Waals surface area (Å²) in [4.78, 5) is 12.3. The van der Waals surface area contributed by atoms with Crippen molar-refractivity contribution in [1.82, 2.24) is 14.5 Å². The van der Waals surface area contributed by atoms with Gasteiger partial charge in [-0.2, -0.15) is 13.9 Å². The topological polar surface area (TPSA) is 99.5 Å². The minimum atomic E-state index is -5.03. The summed E-state index contributed by atoms with van der Waals surface area (Å²) in [7, 11) is -4.59. The molecule has 0 radical (unpaired) electrons. The van der Waals surface area contributed by atoms with E-state index in [4.69, 9.17) is 0 Å². The third-order valence-electron chi connectivity index (χ3n) is 4.93. The average molecular weight is 541 g/mol. The van der Waals surface area contributed by atoms with Crippen LogP contribution in [0.2, 0.25) is 0 Å². The number of benzene rings is 3. The van der Waals surface area contributed by atoms with Crippen LogP contribution in [-0.4, -0.2) is 37.1 Å². The lowest BCUT2D eigenvalue weighted by molar-refractivity contribution is -0.274. The molecule has 14 heteroatoms. The predicted molar refractivity (Wildman–Crippen MR) is 120 cm³/mol. The first-order valence-electron chi connectivity index (χ1n) is 10.3. The van der Waals surface area contributed by atoms with Crippen molar-refractivity contribution in [3.05, 3.63) is 84.1 Å². The van der Waals surface area contributed by atoms with Crippen LogP contribution in [0.3, 0.4) is 0 Å². The zero-order valence-electron chi connectivity index (χ0n) is 18.4. The third kappa shape index (κ3) is 6.33. The number of hydrogen-bond donors (Lipinski definition) is 1. The van der Waals surface area contributed by atoms with E-state index in [9.17, 15) is 35.2 Å². The van der Waals surface area contributed by atoms with Gasteiger partial charge in [0.25, 0.3) is 15.9 Å². The average Bonchev–Trinajstić information content (AvgIpc) is 3.17. The molecule has 0 fully saturated rings. The third-order valence-corrected chi connectivity index (χ3v) is 6.26. The van der Waals surface area contributed by atoms with E-state index >= 15 is 0 Å². The molecule has 0 aliphatic heterocycles. The van der Waals surface area contributed by atoms with Crippen molar-refractivity contribution in [3.63, 3.8) is 0 Å². The van der Waals surface area contributed by atoms with Crippen LogP contribution in [0.15, 0.2) is 77.7 Å². The van der Waals surface area contributed by atoms with Crippen molar-refractivity contribution in [1.29, 1.82) is 0 Å². The fourth-order valence-electron chi connectivity index (χ4n) is 3.43. The van der Waals surface area contributed by atoms with Gasteiger partial charge >= 0.3 is 13.0 Å². The van der Waals surface area contributed by atoms with Crippen LogP contribution in [-0.2, 0) is 16.6 Å². The van der Waals surface area contributed by atoms with Crippen LogP contribution in [0.5, 0.6) is 11.5 Å². The summed E-state index contributed by atoms with van der Waals surface area (Å²) >= 11 is 0. The maximum atomic E-state index is 12.9. The molecule has 1 amide bonds. The molecule has 0 saturated carbocycles. The number of sulfonamides is 1. The summed E-state index contributed by atoms with van der Waals surface area (Å²) in [6.07, 6.45) is -5.03. The Balaban J connectivity index is 1.59. The number of halogens is 5. The van der Waals surface area contributed by atoms with Crippen molar-refractivity contribution in [2.24, 2.45) is 0 Å². The van der Waals surface area contributed by atoms with E-state index in [2.05, 4.69) is 14.6 Å². The van der Waals surface area contributed by atoms with Crippen LogP contribution in [0.1, 0.15) is 16.1 Å². The minimum Gasteiger partial charge on any atom is -0.435 e. The van der Waals surface area contributed by atoms with Gasteiger partial charge in [-0.15, -0.1) is 13.2 Å². The Labute approximate surface area is 206 Å². The van der Waals surface area contributed by atoms with Crippen molar-refractivity contribution in [2.75, 3.05) is 0 Å². The van der Waals surface area contributed by atoms with Gasteiger partial charge in [-0.1, -0.05) is 36.4 Å². The number of amides is 1. The van der Waals surface area contributed by atoms with Crippen LogP contribution >= 0.6 is 0 Å². The molecular formula is C23H16F5N3O5S. The number of alkyl halides is 5. The second kappa shape index (κ2) is 10.0. The fourth-order valence-corrected chi connectivity index (χ4v) is 4.42. The highest BCUT2D eigenvalue weighted by Crippen LogP contribution is 2.26. The van der Waals surface area contributed by atoms with Crippen molar-refractivity contribution < 1.29 is 44.6 Å². The van der Waals surface area contributed by atoms with Gasteiger partial charge in [-0.25, -0.2) is 13.1 Å². The van der Waals surface area contributed by atoms with E-state index in [0.29, 0.717) is 22.5 Å². The Morgan fingerprint density at radius 3 is 2.35 bits per heavy atom. The Morgan fingerprint density at radius 1 is 0.973 bits per heavy atom. The van der Waals surface area contributed by atoms with E-state index < -0.39 is 39.5 Å². The van der Waals surface area contributed by atoms with Gasteiger partial charge < -0.3 is 9.47 Å². The largest absolute Gasteiger partial charge is 0.573 e. The van der Waals surface area contributed by atoms with Gasteiger partial charge in [0.1, 0.15) is 11.5 Å². The van der Waals surface area contributed by atoms with E-state index in [0.717, 1.165) is 18.2 Å². The lowest BCUT2D eigenvalue weighted by atomic mass is 10.2. The van der Waals surface area contributed by atoms with E-state index in [1.807, 2.05) is 0 Å². The molecule has 1 aromatic heterocycles. The van der Waals surface area contributed by atoms with Crippen LogP contribution in [0.4, 0.5) is 22.0 Å². The number of fused-ring (bicyclic) bond motifs is 1. The summed E-state index contributed by atoms with van der Waals surface area (Å²) in [6.45, 7) is -2.87. The summed E-state index contributed by atoms with van der Waals surface area (Å²) in [6, 6.07) is 15.7. The van der Waals surface area contributed by atoms with Crippen LogP contribution in [0.25, 0.3) is 10.9 Å². The molecule has 0 aliphatic carbocycles. The predicted octanol–water partition coefficient (Wildman–Crippen LogP) is 4.70. The van der Waals surface area contributed by atoms with Crippen LogP contribution in [0, 0.1) is 0 Å². The molecule has 0 bridgehead atoms. The zero-order valence-corrected chi connectivity index (χ0v) is 19.3. The highest BCUT2D eigenvalue weighted by molar-refractivity contribution is 7.90. The van der Waals surface area contributed by atoms with Gasteiger partial charge in [0.2, 0.25) is 0 Å². The maximum absolute atomic E-state index is 12.9. The van der Waals surface area contributed by atoms with E-state index in [1.54, 1.807) is 22.9 Å². The monoisotopic (exact) mass is 541 g/mol. The number of hydrogen-bond acceptors (Lipinski definition) is 6. The van der Waals surface area contributed by atoms with Crippen molar-refractivity contribution >= 4 is 26.8 Å². The molecule has 4 aromatic rings. The molecule has 4 rings (SSSR count). The quantitative estimate of drug-likeness (QED) is 0.325. The number of para-hydroxylation sites is 1. The smallest absolute Gasteiger partial charge is 0.435 e. The second-order valence-corrected chi connectivity index (χ2v) is 9.19. The highest BCUT2D eigenvalue weighted by Gasteiger charge is 2.32. The van der Waals surface area contributed by atoms with E-state index in [1.165, 1.54) is 35.0 Å². The first kappa shape index (κ1) is 25.9. The second-order valence-electron chi connectivity index (χ2n) is 7.50. The number of aromatic nitrogens is 2. The van der Waals surface area contributed by atoms with Gasteiger partial charge in [0, 0.05) is 11.5 Å². The normalized spacial score (nSPS) is 12.1. The first-order chi connectivity index (χ1) is 17.4. The standard InChI is InChI=1S/C23H16F5N3O5S/c24-22(25)35-15-10-8-14(9-11-15)13-31-19-7-2-1-6-18(19)20(29-31)21(32)30-37(33,34)17-5-3-4-16(12-17)36-23(26,27)28/h1-12,22H,13H2,(H,30,32). The number of nitrogens with one attached hydrogen (secondary N) is 1. The van der Waals surface area contributed by atoms with Crippen LogP contribution < -0.4 is 14.2 Å².